The second kappa shape index (κ2) is 9.57. The number of aromatic nitrogens is 2. The van der Waals surface area contributed by atoms with Crippen molar-refractivity contribution < 1.29 is 58.2 Å². The molecular formula is C7H12N3ORb. The summed E-state index contributed by atoms with van der Waals surface area (Å²) < 4.78 is 0. The summed E-state index contributed by atoms with van der Waals surface area (Å²) in [6.07, 6.45) is 2.67. The molecule has 0 saturated heterocycles. The van der Waals surface area contributed by atoms with Gasteiger partial charge in [-0.3, -0.25) is 4.79 Å². The molecule has 1 heterocycles. The Morgan fingerprint density at radius 1 is 1.50 bits per heavy atom. The molecule has 4 nitrogen and oxygen atoms in total. The normalized spacial score (nSPS) is 7.25. The van der Waals surface area contributed by atoms with Crippen LogP contribution in [0.25, 0.3) is 0 Å². The van der Waals surface area contributed by atoms with Gasteiger partial charge in [-0.15, -0.1) is 0 Å². The van der Waals surface area contributed by atoms with E-state index in [4.69, 9.17) is 0 Å². The van der Waals surface area contributed by atoms with E-state index in [-0.39, 0.29) is 63.7 Å². The topological polar surface area (TPSA) is 56.1 Å². The van der Waals surface area contributed by atoms with Crippen LogP contribution < -0.4 is 74.0 Å². The van der Waals surface area contributed by atoms with Crippen molar-refractivity contribution in [2.75, 3.05) is 12.4 Å². The van der Waals surface area contributed by atoms with E-state index >= 15 is 0 Å². The van der Waals surface area contributed by atoms with E-state index in [2.05, 4.69) is 15.3 Å². The van der Waals surface area contributed by atoms with E-state index in [1.807, 2.05) is 13.8 Å². The fourth-order valence-electron chi connectivity index (χ4n) is 0.490. The van der Waals surface area contributed by atoms with Crippen LogP contribution >= 0.6 is 0 Å². The summed E-state index contributed by atoms with van der Waals surface area (Å²) in [6.45, 7) is 4.00. The van der Waals surface area contributed by atoms with Crippen LogP contribution in [-0.4, -0.2) is 12.0 Å². The monoisotopic (exact) mass is 239 g/mol. The number of nitrogens with one attached hydrogen (secondary N) is 1. The third kappa shape index (κ3) is 5.19. The van der Waals surface area contributed by atoms with Gasteiger partial charge in [-0.05, 0) is 0 Å². The van der Waals surface area contributed by atoms with Crippen molar-refractivity contribution in [2.45, 2.75) is 13.8 Å². The molecule has 0 spiro atoms. The summed E-state index contributed by atoms with van der Waals surface area (Å²) in [5.74, 6) is 0. The smallest absolute Gasteiger partial charge is 0.448 e. The SMILES string of the molecule is CC.CNc1cnc[n-]c1=O.[Rb+]. The van der Waals surface area contributed by atoms with Crippen molar-refractivity contribution in [2.24, 2.45) is 0 Å². The molecule has 5 heteroatoms. The van der Waals surface area contributed by atoms with Crippen LogP contribution in [0.3, 0.4) is 0 Å². The molecule has 1 aromatic heterocycles. The third-order valence-corrected chi connectivity index (χ3v) is 0.945. The Balaban J connectivity index is 0. The number of rotatable bonds is 1. The average molecular weight is 240 g/mol. The van der Waals surface area contributed by atoms with Gasteiger partial charge in [0.1, 0.15) is 0 Å². The molecule has 0 unspecified atom stereocenters. The molecule has 0 amide bonds. The molecule has 1 N–H and O–H groups in total. The number of nitrogens with zero attached hydrogens (tertiary/aromatic N) is 2. The summed E-state index contributed by atoms with van der Waals surface area (Å²) in [5.41, 5.74) is 0.157. The first kappa shape index (κ1) is 15.0. The zero-order chi connectivity index (χ0) is 8.69. The molecule has 0 atom stereocenters. The molecule has 0 bridgehead atoms. The molecule has 12 heavy (non-hydrogen) atoms. The van der Waals surface area contributed by atoms with Crippen LogP contribution in [0.1, 0.15) is 13.8 Å². The molecule has 0 aliphatic heterocycles. The molecule has 0 fully saturated rings. The fraction of sp³-hybridized carbons (Fsp3) is 0.429. The maximum atomic E-state index is 10.6. The summed E-state index contributed by atoms with van der Waals surface area (Å²) in [5, 5.41) is 2.66. The first-order valence-electron chi connectivity index (χ1n) is 3.49. The summed E-state index contributed by atoms with van der Waals surface area (Å²) >= 11 is 0. The van der Waals surface area contributed by atoms with Gasteiger partial charge in [0.25, 0.3) is 0 Å². The molecule has 0 saturated carbocycles. The number of hydrogen-bond acceptors (Lipinski definition) is 3. The fourth-order valence-corrected chi connectivity index (χ4v) is 0.490. The van der Waals surface area contributed by atoms with Gasteiger partial charge in [-0.25, -0.2) is 0 Å². The molecule has 0 aromatic carbocycles. The third-order valence-electron chi connectivity index (χ3n) is 0.945. The van der Waals surface area contributed by atoms with Crippen molar-refractivity contribution >= 4 is 5.69 Å². The number of hydrogen-bond donors (Lipinski definition) is 1. The molecule has 1 rings (SSSR count). The molecule has 0 aliphatic carbocycles. The van der Waals surface area contributed by atoms with Crippen molar-refractivity contribution in [3.8, 4) is 0 Å². The zero-order valence-electron chi connectivity index (χ0n) is 7.96. The van der Waals surface area contributed by atoms with E-state index in [1.165, 1.54) is 12.5 Å². The van der Waals surface area contributed by atoms with E-state index < -0.39 is 0 Å². The molecule has 1 aromatic rings. The standard InChI is InChI=1S/C5H7N3O.C2H6.Rb/c1-6-4-2-7-3-8-5(4)9;1-2;/h2-3,6H,1H3,(H,7,8,9);1-2H3;/q;;+1/p-1. The van der Waals surface area contributed by atoms with Gasteiger partial charge in [0, 0.05) is 7.05 Å². The summed E-state index contributed by atoms with van der Waals surface area (Å²) in [6, 6.07) is 0. The van der Waals surface area contributed by atoms with Gasteiger partial charge >= 0.3 is 58.2 Å². The summed E-state index contributed by atoms with van der Waals surface area (Å²) in [4.78, 5) is 17.7. The Kier molecular flexibility index (Phi) is 11.9. The Bertz CT molecular complexity index is 248. The minimum absolute atomic E-state index is 0. The van der Waals surface area contributed by atoms with Gasteiger partial charge in [-0.2, -0.15) is 0 Å². The average Bonchev–Trinajstić information content (AvgIpc) is 2.09. The Labute approximate surface area is 121 Å². The quantitative estimate of drug-likeness (QED) is 0.587. The van der Waals surface area contributed by atoms with Gasteiger partial charge in [0.15, 0.2) is 5.56 Å². The first-order valence-corrected chi connectivity index (χ1v) is 3.49. The minimum Gasteiger partial charge on any atom is -0.448 e. The Hall–Kier alpha value is 0.485. The van der Waals surface area contributed by atoms with Crippen LogP contribution in [0.4, 0.5) is 5.69 Å². The van der Waals surface area contributed by atoms with Crippen LogP contribution in [0.5, 0.6) is 0 Å². The maximum absolute atomic E-state index is 10.6. The predicted molar refractivity (Wildman–Crippen MR) is 44.7 cm³/mol. The van der Waals surface area contributed by atoms with Gasteiger partial charge in [0.05, 0.1) is 5.69 Å². The maximum Gasteiger partial charge on any atom is 1.00 e. The zero-order valence-corrected chi connectivity index (χ0v) is 12.9. The van der Waals surface area contributed by atoms with E-state index in [0.717, 1.165) is 0 Å². The van der Waals surface area contributed by atoms with Crippen LogP contribution in [0, 0.1) is 0 Å². The molecule has 0 radical (unpaired) electrons. The first-order chi connectivity index (χ1) is 5.34. The van der Waals surface area contributed by atoms with E-state index in [1.54, 1.807) is 7.05 Å². The largest absolute Gasteiger partial charge is 1.00 e. The van der Waals surface area contributed by atoms with Gasteiger partial charge < -0.3 is 15.3 Å². The van der Waals surface area contributed by atoms with Gasteiger partial charge in [-0.1, -0.05) is 26.4 Å². The van der Waals surface area contributed by atoms with Gasteiger partial charge in [0.2, 0.25) is 0 Å². The molecule has 62 valence electrons. The van der Waals surface area contributed by atoms with E-state index in [9.17, 15) is 4.79 Å². The van der Waals surface area contributed by atoms with Crippen molar-refractivity contribution in [3.63, 3.8) is 0 Å². The van der Waals surface area contributed by atoms with Crippen LogP contribution in [-0.2, 0) is 0 Å². The van der Waals surface area contributed by atoms with Crippen molar-refractivity contribution in [3.05, 3.63) is 22.9 Å². The van der Waals surface area contributed by atoms with Crippen LogP contribution in [0.2, 0.25) is 0 Å². The Morgan fingerprint density at radius 2 is 2.08 bits per heavy atom. The minimum atomic E-state index is -0.271. The van der Waals surface area contributed by atoms with E-state index in [0.29, 0.717) is 5.69 Å². The van der Waals surface area contributed by atoms with Crippen molar-refractivity contribution in [1.29, 1.82) is 0 Å². The second-order valence-corrected chi connectivity index (χ2v) is 1.49. The van der Waals surface area contributed by atoms with Crippen molar-refractivity contribution in [1.82, 2.24) is 9.97 Å². The second-order valence-electron chi connectivity index (χ2n) is 1.49. The molecule has 0 aliphatic rings. The predicted octanol–water partition coefficient (Wildman–Crippen LogP) is -2.53. The number of anilines is 1. The Morgan fingerprint density at radius 3 is 2.42 bits per heavy atom. The van der Waals surface area contributed by atoms with Crippen LogP contribution in [0.15, 0.2) is 17.3 Å². The summed E-state index contributed by atoms with van der Waals surface area (Å²) in [7, 11) is 1.65. The molecular weight excluding hydrogens is 228 g/mol.